The summed E-state index contributed by atoms with van der Waals surface area (Å²) in [7, 11) is 1.45. The lowest BCUT2D eigenvalue weighted by Crippen LogP contribution is -2.35. The van der Waals surface area contributed by atoms with Crippen LogP contribution in [0.4, 0.5) is 0 Å². The van der Waals surface area contributed by atoms with Crippen LogP contribution in [0, 0.1) is 0 Å². The molecule has 0 bridgehead atoms. The first-order valence-corrected chi connectivity index (χ1v) is 11.5. The number of carbonyl (C=O) groups excluding carboxylic acids is 2. The molecule has 0 saturated carbocycles. The van der Waals surface area contributed by atoms with Crippen LogP contribution in [0.2, 0.25) is 15.1 Å². The third-order valence-electron chi connectivity index (χ3n) is 4.69. The molecule has 3 aromatic carbocycles. The van der Waals surface area contributed by atoms with Gasteiger partial charge in [-0.1, -0.05) is 41.7 Å². The van der Waals surface area contributed by atoms with Crippen molar-refractivity contribution in [2.45, 2.75) is 19.4 Å². The maximum atomic E-state index is 12.5. The number of hydrogen-bond acceptors (Lipinski definition) is 6. The molecule has 1 N–H and O–H groups in total. The summed E-state index contributed by atoms with van der Waals surface area (Å²) in [5.41, 5.74) is 3.39. The molecular weight excluding hydrogens is 515 g/mol. The van der Waals surface area contributed by atoms with Crippen molar-refractivity contribution in [3.8, 4) is 17.2 Å². The van der Waals surface area contributed by atoms with Gasteiger partial charge in [-0.2, -0.15) is 5.10 Å². The first-order chi connectivity index (χ1) is 16.8. The van der Waals surface area contributed by atoms with Gasteiger partial charge in [-0.25, -0.2) is 10.2 Å². The van der Waals surface area contributed by atoms with Gasteiger partial charge in [0.25, 0.3) is 5.91 Å². The summed E-state index contributed by atoms with van der Waals surface area (Å²) in [6, 6.07) is 15.9. The number of methoxy groups -OCH3 is 1. The van der Waals surface area contributed by atoms with E-state index in [1.165, 1.54) is 19.4 Å². The van der Waals surface area contributed by atoms with E-state index in [9.17, 15) is 9.59 Å². The molecule has 10 heteroatoms. The van der Waals surface area contributed by atoms with Crippen molar-refractivity contribution in [3.63, 3.8) is 0 Å². The average molecular weight is 536 g/mol. The number of hydrazone groups is 1. The molecule has 3 rings (SSSR count). The lowest BCUT2D eigenvalue weighted by molar-refractivity contribution is -0.128. The van der Waals surface area contributed by atoms with Gasteiger partial charge in [-0.15, -0.1) is 0 Å². The Labute approximate surface area is 217 Å². The van der Waals surface area contributed by atoms with Gasteiger partial charge in [-0.3, -0.25) is 4.79 Å². The minimum atomic E-state index is -0.810. The van der Waals surface area contributed by atoms with Crippen LogP contribution in [0.3, 0.4) is 0 Å². The first kappa shape index (κ1) is 26.3. The molecule has 0 aliphatic heterocycles. The minimum Gasteiger partial charge on any atom is -0.493 e. The van der Waals surface area contributed by atoms with Crippen molar-refractivity contribution in [2.75, 3.05) is 7.11 Å². The van der Waals surface area contributed by atoms with Crippen LogP contribution in [0.25, 0.3) is 0 Å². The molecule has 35 heavy (non-hydrogen) atoms. The lowest BCUT2D eigenvalue weighted by atomic mass is 10.2. The zero-order valence-corrected chi connectivity index (χ0v) is 21.0. The zero-order valence-electron chi connectivity index (χ0n) is 18.8. The summed E-state index contributed by atoms with van der Waals surface area (Å²) in [6.45, 7) is 1.80. The largest absolute Gasteiger partial charge is 0.493 e. The monoisotopic (exact) mass is 534 g/mol. The number of amides is 1. The van der Waals surface area contributed by atoms with Gasteiger partial charge < -0.3 is 14.2 Å². The van der Waals surface area contributed by atoms with E-state index in [4.69, 9.17) is 49.0 Å². The van der Waals surface area contributed by atoms with Gasteiger partial charge in [0.1, 0.15) is 5.75 Å². The van der Waals surface area contributed by atoms with Crippen LogP contribution in [0.15, 0.2) is 65.8 Å². The quantitative estimate of drug-likeness (QED) is 0.153. The Kier molecular flexibility index (Phi) is 9.37. The molecule has 0 aliphatic carbocycles. The number of nitrogens with one attached hydrogen (secondary N) is 1. The SMILES string of the molecule is CCC(Oc1ccc(Cl)cc1Cl)C(=O)NN=Cc1ccc(OC(=O)c2ccc(Cl)cc2)c(OC)c1. The maximum absolute atomic E-state index is 12.5. The molecule has 0 spiro atoms. The molecule has 182 valence electrons. The maximum Gasteiger partial charge on any atom is 0.343 e. The Morgan fingerprint density at radius 2 is 1.63 bits per heavy atom. The normalized spacial score (nSPS) is 11.7. The van der Waals surface area contributed by atoms with Crippen molar-refractivity contribution < 1.29 is 23.8 Å². The Balaban J connectivity index is 1.63. The van der Waals surface area contributed by atoms with E-state index in [1.54, 1.807) is 61.5 Å². The predicted octanol–water partition coefficient (Wildman–Crippen LogP) is 6.18. The first-order valence-electron chi connectivity index (χ1n) is 10.4. The van der Waals surface area contributed by atoms with E-state index < -0.39 is 18.0 Å². The van der Waals surface area contributed by atoms with Crippen LogP contribution >= 0.6 is 34.8 Å². The topological polar surface area (TPSA) is 86.2 Å². The second kappa shape index (κ2) is 12.4. The predicted molar refractivity (Wildman–Crippen MR) is 136 cm³/mol. The third kappa shape index (κ3) is 7.36. The number of carbonyl (C=O) groups is 2. The number of nitrogens with zero attached hydrogens (tertiary/aromatic N) is 1. The fourth-order valence-corrected chi connectivity index (χ4v) is 3.46. The van der Waals surface area contributed by atoms with Gasteiger partial charge >= 0.3 is 5.97 Å². The van der Waals surface area contributed by atoms with Crippen molar-refractivity contribution in [3.05, 3.63) is 86.9 Å². The molecule has 0 fully saturated rings. The van der Waals surface area contributed by atoms with Gasteiger partial charge in [0.15, 0.2) is 17.6 Å². The standard InChI is InChI=1S/C25H21Cl3N2O5/c1-3-20(34-21-11-9-18(27)13-19(21)28)24(31)30-29-14-15-4-10-22(23(12-15)33-2)35-25(32)16-5-7-17(26)8-6-16/h4-14,20H,3H2,1-2H3,(H,30,31). The highest BCUT2D eigenvalue weighted by molar-refractivity contribution is 6.35. The number of ether oxygens (including phenoxy) is 3. The van der Waals surface area contributed by atoms with E-state index in [0.717, 1.165) is 0 Å². The van der Waals surface area contributed by atoms with Crippen molar-refractivity contribution in [1.29, 1.82) is 0 Å². The lowest BCUT2D eigenvalue weighted by Gasteiger charge is -2.16. The van der Waals surface area contributed by atoms with Crippen LogP contribution in [-0.4, -0.2) is 31.3 Å². The Morgan fingerprint density at radius 1 is 0.943 bits per heavy atom. The Hall–Kier alpha value is -3.26. The molecule has 0 saturated heterocycles. The van der Waals surface area contributed by atoms with Gasteiger partial charge in [0.05, 0.1) is 23.9 Å². The summed E-state index contributed by atoms with van der Waals surface area (Å²) >= 11 is 17.9. The second-order valence-corrected chi connectivity index (χ2v) is 8.41. The summed E-state index contributed by atoms with van der Waals surface area (Å²) in [4.78, 5) is 24.9. The fraction of sp³-hybridized carbons (Fsp3) is 0.160. The number of benzene rings is 3. The number of halogens is 3. The van der Waals surface area contributed by atoms with Crippen molar-refractivity contribution in [1.82, 2.24) is 5.43 Å². The van der Waals surface area contributed by atoms with Gasteiger partial charge in [-0.05, 0) is 72.6 Å². The van der Waals surface area contributed by atoms with E-state index in [1.807, 2.05) is 0 Å². The fourth-order valence-electron chi connectivity index (χ4n) is 2.88. The van der Waals surface area contributed by atoms with E-state index in [-0.39, 0.29) is 5.75 Å². The van der Waals surface area contributed by atoms with Crippen molar-refractivity contribution >= 4 is 52.9 Å². The summed E-state index contributed by atoms with van der Waals surface area (Å²) in [6.07, 6.45) is 1.00. The second-order valence-electron chi connectivity index (χ2n) is 7.13. The average Bonchev–Trinajstić information content (AvgIpc) is 2.84. The highest BCUT2D eigenvalue weighted by atomic mass is 35.5. The Bertz CT molecular complexity index is 1230. The van der Waals surface area contributed by atoms with Gasteiger partial charge in [0.2, 0.25) is 0 Å². The number of rotatable bonds is 9. The molecule has 7 nitrogen and oxygen atoms in total. The third-order valence-corrected chi connectivity index (χ3v) is 5.47. The summed E-state index contributed by atoms with van der Waals surface area (Å²) in [5, 5.41) is 5.26. The summed E-state index contributed by atoms with van der Waals surface area (Å²) < 4.78 is 16.4. The van der Waals surface area contributed by atoms with Crippen LogP contribution in [0.1, 0.15) is 29.3 Å². The molecule has 0 heterocycles. The van der Waals surface area contributed by atoms with E-state index >= 15 is 0 Å². The highest BCUT2D eigenvalue weighted by Gasteiger charge is 2.19. The van der Waals surface area contributed by atoms with Crippen LogP contribution in [-0.2, 0) is 4.79 Å². The Morgan fingerprint density at radius 3 is 2.29 bits per heavy atom. The molecule has 0 aliphatic rings. The molecule has 0 radical (unpaired) electrons. The van der Waals surface area contributed by atoms with E-state index in [2.05, 4.69) is 10.5 Å². The summed E-state index contributed by atoms with van der Waals surface area (Å²) in [5.74, 6) is -0.117. The molecule has 3 aromatic rings. The number of hydrogen-bond donors (Lipinski definition) is 1. The van der Waals surface area contributed by atoms with Gasteiger partial charge in [0, 0.05) is 10.0 Å². The van der Waals surface area contributed by atoms with Crippen molar-refractivity contribution in [2.24, 2.45) is 5.10 Å². The molecule has 1 unspecified atom stereocenters. The minimum absolute atomic E-state index is 0.230. The number of esters is 1. The molecule has 0 aromatic heterocycles. The van der Waals surface area contributed by atoms with Crippen LogP contribution in [0.5, 0.6) is 17.2 Å². The highest BCUT2D eigenvalue weighted by Crippen LogP contribution is 2.29. The molecule has 1 atom stereocenters. The smallest absolute Gasteiger partial charge is 0.343 e. The molecular formula is C25H21Cl3N2O5. The van der Waals surface area contributed by atoms with Crippen LogP contribution < -0.4 is 19.6 Å². The zero-order chi connectivity index (χ0) is 25.4. The molecule has 1 amide bonds. The van der Waals surface area contributed by atoms with E-state index in [0.29, 0.717) is 44.1 Å².